The van der Waals surface area contributed by atoms with Gasteiger partial charge in [-0.05, 0) is 55.3 Å². The van der Waals surface area contributed by atoms with E-state index in [0.29, 0.717) is 12.0 Å². The summed E-state index contributed by atoms with van der Waals surface area (Å²) in [6.45, 7) is 3.13. The predicted molar refractivity (Wildman–Crippen MR) is 106 cm³/mol. The van der Waals surface area contributed by atoms with Gasteiger partial charge in [-0.25, -0.2) is 0 Å². The van der Waals surface area contributed by atoms with E-state index in [1.807, 2.05) is 7.05 Å². The number of rotatable bonds is 4. The fourth-order valence-corrected chi connectivity index (χ4v) is 3.93. The minimum Gasteiger partial charge on any atom is -0.388 e. The van der Waals surface area contributed by atoms with Crippen LogP contribution in [-0.4, -0.2) is 32.7 Å². The highest BCUT2D eigenvalue weighted by molar-refractivity contribution is 5.57. The van der Waals surface area contributed by atoms with Crippen molar-refractivity contribution in [1.29, 1.82) is 0 Å². The first-order valence-corrected chi connectivity index (χ1v) is 9.44. The molecule has 132 valence electrons. The predicted octanol–water partition coefficient (Wildman–Crippen LogP) is 1.12. The molecule has 1 aromatic carbocycles. The molecule has 0 aromatic heterocycles. The van der Waals surface area contributed by atoms with E-state index in [-0.39, 0.29) is 0 Å². The van der Waals surface area contributed by atoms with Gasteiger partial charge in [-0.2, -0.15) is 0 Å². The van der Waals surface area contributed by atoms with Crippen molar-refractivity contribution < 1.29 is 0 Å². The largest absolute Gasteiger partial charge is 0.388 e. The molecule has 3 aliphatic rings. The van der Waals surface area contributed by atoms with Gasteiger partial charge in [0.05, 0.1) is 0 Å². The van der Waals surface area contributed by atoms with Gasteiger partial charge in [-0.15, -0.1) is 0 Å². The zero-order chi connectivity index (χ0) is 17.1. The minimum absolute atomic E-state index is 0.458. The molecule has 4 rings (SSSR count). The van der Waals surface area contributed by atoms with Gasteiger partial charge in [-0.3, -0.25) is 0 Å². The van der Waals surface area contributed by atoms with Gasteiger partial charge in [0.25, 0.3) is 0 Å². The number of nitrogens with one attached hydrogen (secondary N) is 4. The van der Waals surface area contributed by atoms with Crippen LogP contribution in [0.4, 0.5) is 5.69 Å². The first-order valence-electron chi connectivity index (χ1n) is 9.44. The second kappa shape index (κ2) is 7.36. The average Bonchev–Trinajstić information content (AvgIpc) is 2.69. The summed E-state index contributed by atoms with van der Waals surface area (Å²) in [6, 6.07) is 5.30. The van der Waals surface area contributed by atoms with Gasteiger partial charge >= 0.3 is 0 Å². The van der Waals surface area contributed by atoms with Crippen molar-refractivity contribution in [2.45, 2.75) is 31.2 Å². The van der Waals surface area contributed by atoms with Crippen LogP contribution in [0.3, 0.4) is 0 Å². The molecule has 0 radical (unpaired) electrons. The van der Waals surface area contributed by atoms with Crippen LogP contribution in [0, 0.1) is 0 Å². The minimum atomic E-state index is 0.458. The number of likely N-dealkylation sites (N-methyl/N-ethyl adjacent to an activating group) is 1. The summed E-state index contributed by atoms with van der Waals surface area (Å²) < 4.78 is 0. The molecule has 1 atom stereocenters. The Bertz CT molecular complexity index is 800. The molecule has 0 spiro atoms. The van der Waals surface area contributed by atoms with Crippen LogP contribution >= 0.6 is 0 Å². The number of hydrogen-bond acceptors (Lipinski definition) is 4. The third-order valence-electron chi connectivity index (χ3n) is 5.44. The van der Waals surface area contributed by atoms with Crippen LogP contribution in [0.25, 0.3) is 12.3 Å². The van der Waals surface area contributed by atoms with Crippen molar-refractivity contribution in [3.63, 3.8) is 0 Å². The van der Waals surface area contributed by atoms with Gasteiger partial charge in [0.15, 0.2) is 0 Å². The Hall–Kier alpha value is -2.20. The SMILES string of the molecule is CNC1=CCC(c2cc(NC3CCNCC3)c3c(c2)=CCNC=3)C=C1. The molecule has 4 nitrogen and oxygen atoms in total. The highest BCUT2D eigenvalue weighted by Crippen LogP contribution is 2.26. The summed E-state index contributed by atoms with van der Waals surface area (Å²) >= 11 is 0. The number of hydrogen-bond donors (Lipinski definition) is 4. The topological polar surface area (TPSA) is 48.1 Å². The molecule has 0 bridgehead atoms. The summed E-state index contributed by atoms with van der Waals surface area (Å²) in [4.78, 5) is 0. The fraction of sp³-hybridized carbons (Fsp3) is 0.429. The molecular formula is C21H28N4. The lowest BCUT2D eigenvalue weighted by atomic mass is 9.90. The van der Waals surface area contributed by atoms with E-state index in [9.17, 15) is 0 Å². The average molecular weight is 336 g/mol. The van der Waals surface area contributed by atoms with Crippen molar-refractivity contribution in [3.05, 3.63) is 52.1 Å². The van der Waals surface area contributed by atoms with Crippen molar-refractivity contribution in [1.82, 2.24) is 16.0 Å². The van der Waals surface area contributed by atoms with Crippen LogP contribution in [0.5, 0.6) is 0 Å². The van der Waals surface area contributed by atoms with Gasteiger partial charge in [-0.1, -0.05) is 24.3 Å². The van der Waals surface area contributed by atoms with Gasteiger partial charge < -0.3 is 21.3 Å². The maximum Gasteiger partial charge on any atom is 0.0439 e. The fourth-order valence-electron chi connectivity index (χ4n) is 3.93. The second-order valence-corrected chi connectivity index (χ2v) is 7.11. The molecule has 1 aliphatic carbocycles. The van der Waals surface area contributed by atoms with E-state index in [4.69, 9.17) is 0 Å². The summed E-state index contributed by atoms with van der Waals surface area (Å²) in [7, 11) is 1.98. The number of fused-ring (bicyclic) bond motifs is 1. The molecule has 4 N–H and O–H groups in total. The number of allylic oxidation sites excluding steroid dienone is 3. The lowest BCUT2D eigenvalue weighted by Gasteiger charge is -2.26. The molecule has 25 heavy (non-hydrogen) atoms. The van der Waals surface area contributed by atoms with Crippen LogP contribution < -0.4 is 31.7 Å². The molecule has 0 saturated carbocycles. The summed E-state index contributed by atoms with van der Waals surface area (Å²) in [5, 5.41) is 16.5. The maximum absolute atomic E-state index is 3.83. The van der Waals surface area contributed by atoms with Crippen molar-refractivity contribution in [3.8, 4) is 0 Å². The highest BCUT2D eigenvalue weighted by atomic mass is 15.0. The molecule has 0 amide bonds. The Labute approximate surface area is 149 Å². The van der Waals surface area contributed by atoms with Crippen LogP contribution in [-0.2, 0) is 0 Å². The lowest BCUT2D eigenvalue weighted by Crippen LogP contribution is -2.40. The maximum atomic E-state index is 3.83. The molecule has 2 aliphatic heterocycles. The molecule has 1 fully saturated rings. The van der Waals surface area contributed by atoms with Crippen LogP contribution in [0.2, 0.25) is 0 Å². The first-order chi connectivity index (χ1) is 12.3. The van der Waals surface area contributed by atoms with Crippen LogP contribution in [0.15, 0.2) is 36.1 Å². The van der Waals surface area contributed by atoms with Gasteiger partial charge in [0, 0.05) is 48.4 Å². The Morgan fingerprint density at radius 1 is 1.12 bits per heavy atom. The van der Waals surface area contributed by atoms with Crippen LogP contribution in [0.1, 0.15) is 30.7 Å². The van der Waals surface area contributed by atoms with E-state index in [1.54, 1.807) is 0 Å². The zero-order valence-corrected chi connectivity index (χ0v) is 14.9. The molecule has 1 unspecified atom stereocenters. The molecule has 4 heteroatoms. The number of anilines is 1. The molecule has 1 aromatic rings. The molecular weight excluding hydrogens is 308 g/mol. The second-order valence-electron chi connectivity index (χ2n) is 7.11. The first kappa shape index (κ1) is 16.3. The van der Waals surface area contributed by atoms with E-state index in [1.165, 1.54) is 40.2 Å². The van der Waals surface area contributed by atoms with Crippen molar-refractivity contribution in [2.75, 3.05) is 32.0 Å². The Kier molecular flexibility index (Phi) is 4.79. The summed E-state index contributed by atoms with van der Waals surface area (Å²) in [5.41, 5.74) is 3.90. The van der Waals surface area contributed by atoms with E-state index in [2.05, 4.69) is 63.9 Å². The highest BCUT2D eigenvalue weighted by Gasteiger charge is 2.17. The zero-order valence-electron chi connectivity index (χ0n) is 14.9. The Morgan fingerprint density at radius 2 is 2.00 bits per heavy atom. The monoisotopic (exact) mass is 336 g/mol. The van der Waals surface area contributed by atoms with Gasteiger partial charge in [0.2, 0.25) is 0 Å². The molecule has 2 heterocycles. The Morgan fingerprint density at radius 3 is 2.76 bits per heavy atom. The summed E-state index contributed by atoms with van der Waals surface area (Å²) in [6.07, 6.45) is 14.7. The quantitative estimate of drug-likeness (QED) is 0.666. The van der Waals surface area contributed by atoms with E-state index < -0.39 is 0 Å². The normalized spacial score (nSPS) is 22.8. The smallest absolute Gasteiger partial charge is 0.0439 e. The van der Waals surface area contributed by atoms with Crippen molar-refractivity contribution in [2.24, 2.45) is 0 Å². The molecule has 1 saturated heterocycles. The third-order valence-corrected chi connectivity index (χ3v) is 5.44. The standard InChI is InChI=1S/C21H28N4/c1-22-18-4-2-15(3-5-18)17-12-16-6-9-24-14-20(16)21(13-17)25-19-7-10-23-11-8-19/h2,4-6,12-15,19,22-25H,3,7-11H2,1H3. The van der Waals surface area contributed by atoms with Crippen molar-refractivity contribution >= 4 is 18.0 Å². The van der Waals surface area contributed by atoms with E-state index >= 15 is 0 Å². The lowest BCUT2D eigenvalue weighted by molar-refractivity contribution is 0.479. The summed E-state index contributed by atoms with van der Waals surface area (Å²) in [5.74, 6) is 0.458. The number of benzene rings is 1. The van der Waals surface area contributed by atoms with E-state index in [0.717, 1.165) is 26.1 Å². The van der Waals surface area contributed by atoms with Gasteiger partial charge in [0.1, 0.15) is 0 Å². The third kappa shape index (κ3) is 3.59. The Balaban J connectivity index is 1.66. The number of piperidine rings is 1.